The van der Waals surface area contributed by atoms with Crippen molar-refractivity contribution in [3.63, 3.8) is 0 Å². The Kier molecular flexibility index (Phi) is 4.05. The van der Waals surface area contributed by atoms with Crippen LogP contribution in [0.3, 0.4) is 0 Å². The summed E-state index contributed by atoms with van der Waals surface area (Å²) in [5.41, 5.74) is 0.722. The van der Waals surface area contributed by atoms with Gasteiger partial charge >= 0.3 is 0 Å². The third kappa shape index (κ3) is 2.57. The monoisotopic (exact) mass is 262 g/mol. The van der Waals surface area contributed by atoms with Crippen LogP contribution in [-0.4, -0.2) is 21.8 Å². The Morgan fingerprint density at radius 1 is 1.67 bits per heavy atom. The second-order valence-electron chi connectivity index (χ2n) is 3.86. The lowest BCUT2D eigenvalue weighted by Gasteiger charge is -2.23. The van der Waals surface area contributed by atoms with Crippen molar-refractivity contribution in [1.29, 1.82) is 5.26 Å². The van der Waals surface area contributed by atoms with Crippen molar-refractivity contribution < 1.29 is 0 Å². The Bertz CT molecular complexity index is 570. The fraction of sp³-hybridized carbons (Fsp3) is 0.417. The van der Waals surface area contributed by atoms with Crippen LogP contribution in [0.5, 0.6) is 0 Å². The molecule has 1 aromatic heterocycles. The quantitative estimate of drug-likeness (QED) is 0.893. The van der Waals surface area contributed by atoms with E-state index in [4.69, 9.17) is 5.26 Å². The van der Waals surface area contributed by atoms with E-state index in [2.05, 4.69) is 23.3 Å². The third-order valence-corrected chi connectivity index (χ3v) is 3.47. The molecule has 2 heterocycles. The second-order valence-corrected chi connectivity index (χ2v) is 4.86. The topological polar surface area (TPSA) is 70.7 Å². The summed E-state index contributed by atoms with van der Waals surface area (Å²) in [4.78, 5) is 15.5. The van der Waals surface area contributed by atoms with E-state index in [0.29, 0.717) is 18.2 Å². The van der Waals surface area contributed by atoms with Gasteiger partial charge in [-0.1, -0.05) is 25.1 Å². The molecular formula is C12H14N4OS. The molecule has 18 heavy (non-hydrogen) atoms. The number of rotatable bonds is 4. The fourth-order valence-corrected chi connectivity index (χ4v) is 2.63. The lowest BCUT2D eigenvalue weighted by molar-refractivity contribution is 0.816. The van der Waals surface area contributed by atoms with Gasteiger partial charge in [0, 0.05) is 18.3 Å². The fourth-order valence-electron chi connectivity index (χ4n) is 1.88. The zero-order chi connectivity index (χ0) is 13.0. The van der Waals surface area contributed by atoms with Gasteiger partial charge in [-0.05, 0) is 12.5 Å². The van der Waals surface area contributed by atoms with E-state index < -0.39 is 0 Å². The number of fused-ring (bicyclic) bond motifs is 1. The Labute approximate surface area is 110 Å². The number of aryl methyl sites for hydroxylation is 1. The number of nitrogens with one attached hydrogen (secondary N) is 1. The SMILES string of the molecule is CCCc1cc(=O)nc2n1C(SCC#N)=CCN2. The molecular weight excluding hydrogens is 248 g/mol. The molecule has 0 bridgehead atoms. The molecule has 5 nitrogen and oxygen atoms in total. The van der Waals surface area contributed by atoms with Crippen molar-refractivity contribution in [3.05, 3.63) is 28.2 Å². The van der Waals surface area contributed by atoms with Crippen LogP contribution in [0.25, 0.3) is 5.03 Å². The van der Waals surface area contributed by atoms with Crippen LogP contribution >= 0.6 is 11.8 Å². The number of anilines is 1. The van der Waals surface area contributed by atoms with Gasteiger partial charge in [0.05, 0.1) is 16.9 Å². The Morgan fingerprint density at radius 2 is 2.50 bits per heavy atom. The van der Waals surface area contributed by atoms with E-state index in [1.807, 2.05) is 10.6 Å². The first-order chi connectivity index (χ1) is 8.76. The van der Waals surface area contributed by atoms with Gasteiger partial charge in [-0.15, -0.1) is 0 Å². The summed E-state index contributed by atoms with van der Waals surface area (Å²) in [6, 6.07) is 3.69. The Hall–Kier alpha value is -1.74. The molecule has 0 aliphatic carbocycles. The largest absolute Gasteiger partial charge is 0.352 e. The van der Waals surface area contributed by atoms with Crippen molar-refractivity contribution in [2.45, 2.75) is 19.8 Å². The Morgan fingerprint density at radius 3 is 3.22 bits per heavy atom. The highest BCUT2D eigenvalue weighted by molar-refractivity contribution is 8.08. The maximum Gasteiger partial charge on any atom is 0.274 e. The normalized spacial score (nSPS) is 13.2. The summed E-state index contributed by atoms with van der Waals surface area (Å²) >= 11 is 1.47. The predicted molar refractivity (Wildman–Crippen MR) is 73.3 cm³/mol. The van der Waals surface area contributed by atoms with E-state index in [0.717, 1.165) is 23.6 Å². The molecule has 0 radical (unpaired) electrons. The predicted octanol–water partition coefficient (Wildman–Crippen LogP) is 1.68. The minimum atomic E-state index is -0.219. The molecule has 1 aliphatic heterocycles. The average molecular weight is 262 g/mol. The van der Waals surface area contributed by atoms with Crippen LogP contribution in [0.1, 0.15) is 19.0 Å². The molecule has 0 atom stereocenters. The maximum atomic E-state index is 11.5. The average Bonchev–Trinajstić information content (AvgIpc) is 2.36. The first-order valence-corrected chi connectivity index (χ1v) is 6.82. The van der Waals surface area contributed by atoms with Crippen molar-refractivity contribution >= 4 is 22.7 Å². The van der Waals surface area contributed by atoms with Gasteiger partial charge in [0.2, 0.25) is 5.95 Å². The highest BCUT2D eigenvalue weighted by Crippen LogP contribution is 2.28. The summed E-state index contributed by atoms with van der Waals surface area (Å²) in [6.07, 6.45) is 3.79. The number of hydrogen-bond acceptors (Lipinski definition) is 5. The zero-order valence-corrected chi connectivity index (χ0v) is 11.0. The van der Waals surface area contributed by atoms with Crippen molar-refractivity contribution in [2.24, 2.45) is 0 Å². The van der Waals surface area contributed by atoms with E-state index in [-0.39, 0.29) is 5.56 Å². The van der Waals surface area contributed by atoms with Gasteiger partial charge in [0.15, 0.2) is 0 Å². The zero-order valence-electron chi connectivity index (χ0n) is 10.1. The van der Waals surface area contributed by atoms with Crippen LogP contribution in [0, 0.1) is 11.3 Å². The molecule has 94 valence electrons. The van der Waals surface area contributed by atoms with Crippen molar-refractivity contribution in [3.8, 4) is 6.07 Å². The smallest absolute Gasteiger partial charge is 0.274 e. The van der Waals surface area contributed by atoms with Crippen LogP contribution in [0.15, 0.2) is 16.9 Å². The summed E-state index contributed by atoms with van der Waals surface area (Å²) < 4.78 is 1.94. The second kappa shape index (κ2) is 5.74. The van der Waals surface area contributed by atoms with E-state index >= 15 is 0 Å². The molecule has 0 aromatic carbocycles. The molecule has 0 amide bonds. The van der Waals surface area contributed by atoms with Crippen LogP contribution < -0.4 is 10.9 Å². The maximum absolute atomic E-state index is 11.5. The molecule has 0 unspecified atom stereocenters. The van der Waals surface area contributed by atoms with Gasteiger partial charge < -0.3 is 5.32 Å². The van der Waals surface area contributed by atoms with Gasteiger partial charge in [-0.25, -0.2) is 0 Å². The van der Waals surface area contributed by atoms with Crippen LogP contribution in [-0.2, 0) is 6.42 Å². The number of hydrogen-bond donors (Lipinski definition) is 1. The lowest BCUT2D eigenvalue weighted by Crippen LogP contribution is -2.23. The Balaban J connectivity index is 2.46. The molecule has 0 saturated carbocycles. The standard InChI is InChI=1S/C12H14N4OS/c1-2-3-9-8-10(17)15-12-14-6-4-11(16(9)12)18-7-5-13/h4,8H,2-3,6-7H2,1H3,(H,14,15,17). The van der Waals surface area contributed by atoms with E-state index in [9.17, 15) is 4.79 Å². The highest BCUT2D eigenvalue weighted by Gasteiger charge is 2.16. The van der Waals surface area contributed by atoms with E-state index in [1.165, 1.54) is 11.8 Å². The van der Waals surface area contributed by atoms with Gasteiger partial charge in [0.25, 0.3) is 5.56 Å². The van der Waals surface area contributed by atoms with Crippen molar-refractivity contribution in [2.75, 3.05) is 17.6 Å². The first-order valence-electron chi connectivity index (χ1n) is 5.83. The van der Waals surface area contributed by atoms with Crippen molar-refractivity contribution in [1.82, 2.24) is 9.55 Å². The van der Waals surface area contributed by atoms with Gasteiger partial charge in [0.1, 0.15) is 0 Å². The highest BCUT2D eigenvalue weighted by atomic mass is 32.2. The van der Waals surface area contributed by atoms with Crippen LogP contribution in [0.2, 0.25) is 0 Å². The van der Waals surface area contributed by atoms with Gasteiger partial charge in [-0.2, -0.15) is 10.2 Å². The minimum absolute atomic E-state index is 0.219. The lowest BCUT2D eigenvalue weighted by atomic mass is 10.2. The first kappa shape index (κ1) is 12.7. The summed E-state index contributed by atoms with van der Waals surface area (Å²) in [7, 11) is 0. The van der Waals surface area contributed by atoms with Gasteiger partial charge in [-0.3, -0.25) is 9.36 Å². The summed E-state index contributed by atoms with van der Waals surface area (Å²) in [5, 5.41) is 12.7. The number of nitriles is 1. The summed E-state index contributed by atoms with van der Waals surface area (Å²) in [6.45, 7) is 2.70. The molecule has 1 aromatic rings. The molecule has 1 N–H and O–H groups in total. The molecule has 1 aliphatic rings. The molecule has 2 rings (SSSR count). The molecule has 6 heteroatoms. The number of thioether (sulfide) groups is 1. The number of nitrogens with zero attached hydrogens (tertiary/aromatic N) is 3. The van der Waals surface area contributed by atoms with Crippen LogP contribution in [0.4, 0.5) is 5.95 Å². The molecule has 0 fully saturated rings. The molecule has 0 saturated heterocycles. The molecule has 0 spiro atoms. The minimum Gasteiger partial charge on any atom is -0.352 e. The third-order valence-electron chi connectivity index (χ3n) is 2.55. The number of aromatic nitrogens is 2. The summed E-state index contributed by atoms with van der Waals surface area (Å²) in [5.74, 6) is 0.970. The van der Waals surface area contributed by atoms with E-state index in [1.54, 1.807) is 6.07 Å².